The van der Waals surface area contributed by atoms with Crippen LogP contribution in [0.3, 0.4) is 0 Å². The summed E-state index contributed by atoms with van der Waals surface area (Å²) in [6, 6.07) is 6.06. The predicted molar refractivity (Wildman–Crippen MR) is 65.9 cm³/mol. The second-order valence-corrected chi connectivity index (χ2v) is 4.06. The molecule has 0 aliphatic carbocycles. The van der Waals surface area contributed by atoms with E-state index in [1.807, 2.05) is 6.07 Å². The number of carbonyl (C=O) groups excluding carboxylic acids is 1. The minimum absolute atomic E-state index is 0.0813. The molecule has 1 rings (SSSR count). The van der Waals surface area contributed by atoms with Gasteiger partial charge in [-0.05, 0) is 31.2 Å². The van der Waals surface area contributed by atoms with Crippen molar-refractivity contribution in [1.82, 2.24) is 4.90 Å². The Bertz CT molecular complexity index is 468. The first-order chi connectivity index (χ1) is 8.58. The number of hydrogen-bond donors (Lipinski definition) is 1. The SMILES string of the molecule is CN(Cc1cc(C#N)ccc1F)C(=O)CCCN. The number of amides is 1. The van der Waals surface area contributed by atoms with Gasteiger partial charge in [0.2, 0.25) is 5.91 Å². The number of halogens is 1. The van der Waals surface area contributed by atoms with E-state index in [9.17, 15) is 9.18 Å². The van der Waals surface area contributed by atoms with Gasteiger partial charge in [-0.1, -0.05) is 0 Å². The Balaban J connectivity index is 2.72. The maximum atomic E-state index is 13.5. The molecular weight excluding hydrogens is 233 g/mol. The summed E-state index contributed by atoms with van der Waals surface area (Å²) in [5.41, 5.74) is 6.05. The molecule has 0 saturated carbocycles. The molecule has 0 radical (unpaired) electrons. The molecule has 0 aliphatic heterocycles. The third kappa shape index (κ3) is 3.82. The first-order valence-corrected chi connectivity index (χ1v) is 5.71. The molecule has 0 unspecified atom stereocenters. The van der Waals surface area contributed by atoms with E-state index in [1.54, 1.807) is 7.05 Å². The van der Waals surface area contributed by atoms with Gasteiger partial charge in [-0.2, -0.15) is 5.26 Å². The second-order valence-electron chi connectivity index (χ2n) is 4.06. The molecule has 0 fully saturated rings. The van der Waals surface area contributed by atoms with Crippen LogP contribution in [-0.2, 0) is 11.3 Å². The summed E-state index contributed by atoms with van der Waals surface area (Å²) in [5.74, 6) is -0.491. The maximum Gasteiger partial charge on any atom is 0.222 e. The predicted octanol–water partition coefficient (Wildman–Crippen LogP) is 1.39. The van der Waals surface area contributed by atoms with Gasteiger partial charge in [0.1, 0.15) is 5.82 Å². The molecule has 4 nitrogen and oxygen atoms in total. The number of hydrogen-bond acceptors (Lipinski definition) is 3. The van der Waals surface area contributed by atoms with Gasteiger partial charge in [0.05, 0.1) is 11.6 Å². The third-order valence-corrected chi connectivity index (χ3v) is 2.60. The second kappa shape index (κ2) is 6.72. The first kappa shape index (κ1) is 14.1. The van der Waals surface area contributed by atoms with Crippen LogP contribution < -0.4 is 5.73 Å². The molecule has 1 aromatic rings. The summed E-state index contributed by atoms with van der Waals surface area (Å²) in [5, 5.41) is 8.75. The van der Waals surface area contributed by atoms with Gasteiger partial charge in [-0.15, -0.1) is 0 Å². The molecule has 0 heterocycles. The van der Waals surface area contributed by atoms with E-state index >= 15 is 0 Å². The average molecular weight is 249 g/mol. The van der Waals surface area contributed by atoms with Crippen LogP contribution in [0, 0.1) is 17.1 Å². The van der Waals surface area contributed by atoms with E-state index < -0.39 is 5.82 Å². The molecule has 2 N–H and O–H groups in total. The van der Waals surface area contributed by atoms with Crippen LogP contribution in [0.15, 0.2) is 18.2 Å². The van der Waals surface area contributed by atoms with Gasteiger partial charge in [0.25, 0.3) is 0 Å². The van der Waals surface area contributed by atoms with Crippen molar-refractivity contribution in [2.24, 2.45) is 5.73 Å². The standard InChI is InChI=1S/C13H16FN3O/c1-17(13(18)3-2-6-15)9-11-7-10(8-16)4-5-12(11)14/h4-5,7H,2-3,6,9,15H2,1H3. The molecule has 0 saturated heterocycles. The fourth-order valence-corrected chi connectivity index (χ4v) is 1.55. The number of nitriles is 1. The smallest absolute Gasteiger partial charge is 0.222 e. The molecule has 0 bridgehead atoms. The van der Waals surface area contributed by atoms with Crippen molar-refractivity contribution >= 4 is 5.91 Å². The van der Waals surface area contributed by atoms with Crippen molar-refractivity contribution in [3.8, 4) is 6.07 Å². The highest BCUT2D eigenvalue weighted by molar-refractivity contribution is 5.75. The van der Waals surface area contributed by atoms with Gasteiger partial charge in [0.15, 0.2) is 0 Å². The molecular formula is C13H16FN3O. The lowest BCUT2D eigenvalue weighted by Crippen LogP contribution is -2.27. The minimum atomic E-state index is -0.410. The highest BCUT2D eigenvalue weighted by Crippen LogP contribution is 2.12. The molecule has 0 spiro atoms. The van der Waals surface area contributed by atoms with Crippen molar-refractivity contribution in [2.45, 2.75) is 19.4 Å². The quantitative estimate of drug-likeness (QED) is 0.857. The summed E-state index contributed by atoms with van der Waals surface area (Å²) in [4.78, 5) is 13.1. The Morgan fingerprint density at radius 3 is 2.89 bits per heavy atom. The van der Waals surface area contributed by atoms with Crippen LogP contribution in [0.5, 0.6) is 0 Å². The minimum Gasteiger partial charge on any atom is -0.341 e. The summed E-state index contributed by atoms with van der Waals surface area (Å²) in [6.07, 6.45) is 0.969. The number of nitrogens with zero attached hydrogens (tertiary/aromatic N) is 2. The lowest BCUT2D eigenvalue weighted by Gasteiger charge is -2.17. The zero-order chi connectivity index (χ0) is 13.5. The number of rotatable bonds is 5. The van der Waals surface area contributed by atoms with Crippen molar-refractivity contribution in [1.29, 1.82) is 5.26 Å². The van der Waals surface area contributed by atoms with Crippen LogP contribution >= 0.6 is 0 Å². The van der Waals surface area contributed by atoms with Gasteiger partial charge in [-0.25, -0.2) is 4.39 Å². The monoisotopic (exact) mass is 249 g/mol. The van der Waals surface area contributed by atoms with Gasteiger partial charge in [-0.3, -0.25) is 4.79 Å². The lowest BCUT2D eigenvalue weighted by atomic mass is 10.1. The van der Waals surface area contributed by atoms with Crippen LogP contribution in [0.25, 0.3) is 0 Å². The Kier molecular flexibility index (Phi) is 5.28. The molecule has 5 heteroatoms. The van der Waals surface area contributed by atoms with Crippen LogP contribution in [-0.4, -0.2) is 24.4 Å². The van der Waals surface area contributed by atoms with Crippen LogP contribution in [0.2, 0.25) is 0 Å². The Morgan fingerprint density at radius 2 is 2.28 bits per heavy atom. The van der Waals surface area contributed by atoms with Crippen LogP contribution in [0.4, 0.5) is 4.39 Å². The Morgan fingerprint density at radius 1 is 1.56 bits per heavy atom. The lowest BCUT2D eigenvalue weighted by molar-refractivity contribution is -0.130. The van der Waals surface area contributed by atoms with E-state index in [2.05, 4.69) is 0 Å². The number of carbonyl (C=O) groups is 1. The fraction of sp³-hybridized carbons (Fsp3) is 0.385. The number of benzene rings is 1. The molecule has 0 aromatic heterocycles. The molecule has 96 valence electrons. The van der Waals surface area contributed by atoms with Crippen molar-refractivity contribution in [3.63, 3.8) is 0 Å². The summed E-state index contributed by atoms with van der Waals surface area (Å²) >= 11 is 0. The summed E-state index contributed by atoms with van der Waals surface area (Å²) < 4.78 is 13.5. The molecule has 1 aromatic carbocycles. The largest absolute Gasteiger partial charge is 0.341 e. The highest BCUT2D eigenvalue weighted by atomic mass is 19.1. The average Bonchev–Trinajstić information content (AvgIpc) is 2.38. The van der Waals surface area contributed by atoms with Gasteiger partial charge in [0, 0.05) is 25.6 Å². The molecule has 18 heavy (non-hydrogen) atoms. The van der Waals surface area contributed by atoms with Gasteiger partial charge < -0.3 is 10.6 Å². The number of nitrogens with two attached hydrogens (primary N) is 1. The Labute approximate surface area is 106 Å². The normalized spacial score (nSPS) is 9.89. The Hall–Kier alpha value is -1.93. The summed E-state index contributed by atoms with van der Waals surface area (Å²) in [7, 11) is 1.61. The van der Waals surface area contributed by atoms with E-state index in [1.165, 1.54) is 23.1 Å². The van der Waals surface area contributed by atoms with E-state index in [4.69, 9.17) is 11.0 Å². The molecule has 1 amide bonds. The first-order valence-electron chi connectivity index (χ1n) is 5.71. The maximum absolute atomic E-state index is 13.5. The third-order valence-electron chi connectivity index (χ3n) is 2.60. The summed E-state index contributed by atoms with van der Waals surface area (Å²) in [6.45, 7) is 0.614. The topological polar surface area (TPSA) is 70.1 Å². The molecule has 0 atom stereocenters. The van der Waals surface area contributed by atoms with Crippen molar-refractivity contribution in [2.75, 3.05) is 13.6 Å². The van der Waals surface area contributed by atoms with Crippen molar-refractivity contribution < 1.29 is 9.18 Å². The van der Waals surface area contributed by atoms with Crippen LogP contribution in [0.1, 0.15) is 24.0 Å². The van der Waals surface area contributed by atoms with E-state index in [0.717, 1.165) is 0 Å². The van der Waals surface area contributed by atoms with E-state index in [-0.39, 0.29) is 12.5 Å². The highest BCUT2D eigenvalue weighted by Gasteiger charge is 2.11. The van der Waals surface area contributed by atoms with Gasteiger partial charge >= 0.3 is 0 Å². The zero-order valence-electron chi connectivity index (χ0n) is 10.3. The molecule has 0 aliphatic rings. The fourth-order valence-electron chi connectivity index (χ4n) is 1.55. The van der Waals surface area contributed by atoms with E-state index in [0.29, 0.717) is 30.5 Å². The zero-order valence-corrected chi connectivity index (χ0v) is 10.3. The van der Waals surface area contributed by atoms with Crippen molar-refractivity contribution in [3.05, 3.63) is 35.1 Å².